The summed E-state index contributed by atoms with van der Waals surface area (Å²) in [6.07, 6.45) is 1.45. The molecule has 30 heavy (non-hydrogen) atoms. The summed E-state index contributed by atoms with van der Waals surface area (Å²) in [5, 5.41) is 3.33. The lowest BCUT2D eigenvalue weighted by atomic mass is 10.1. The van der Waals surface area contributed by atoms with E-state index in [0.717, 1.165) is 0 Å². The van der Waals surface area contributed by atoms with Gasteiger partial charge in [-0.15, -0.1) is 0 Å². The minimum Gasteiger partial charge on any atom is -0.496 e. The van der Waals surface area contributed by atoms with Crippen molar-refractivity contribution in [2.75, 3.05) is 13.7 Å². The van der Waals surface area contributed by atoms with Crippen molar-refractivity contribution in [3.05, 3.63) is 63.6 Å². The predicted octanol–water partition coefficient (Wildman–Crippen LogP) is 3.12. The quantitative estimate of drug-likeness (QED) is 0.695. The molecule has 2 aromatic rings. The van der Waals surface area contributed by atoms with Gasteiger partial charge in [0.25, 0.3) is 15.9 Å². The topological polar surface area (TPSA) is 92.8 Å². The minimum absolute atomic E-state index is 0.0609. The predicted molar refractivity (Wildman–Crippen MR) is 114 cm³/mol. The second kappa shape index (κ2) is 8.67. The van der Waals surface area contributed by atoms with E-state index in [0.29, 0.717) is 25.7 Å². The van der Waals surface area contributed by atoms with Crippen molar-refractivity contribution in [1.82, 2.24) is 9.62 Å². The van der Waals surface area contributed by atoms with Gasteiger partial charge in [-0.1, -0.05) is 23.2 Å². The third kappa shape index (κ3) is 4.30. The molecule has 0 saturated carbocycles. The van der Waals surface area contributed by atoms with Gasteiger partial charge in [0.1, 0.15) is 11.8 Å². The van der Waals surface area contributed by atoms with Crippen molar-refractivity contribution in [2.24, 2.45) is 0 Å². The molecule has 158 valence electrons. The van der Waals surface area contributed by atoms with Crippen LogP contribution in [-0.2, 0) is 19.6 Å². The van der Waals surface area contributed by atoms with E-state index < -0.39 is 27.9 Å². The van der Waals surface area contributed by atoms with Crippen LogP contribution < -0.4 is 10.1 Å². The lowest BCUT2D eigenvalue weighted by molar-refractivity contribution is -0.130. The molecule has 0 aromatic heterocycles. The molecule has 1 N–H and O–H groups in total. The highest BCUT2D eigenvalue weighted by Gasteiger charge is 2.40. The molecule has 2 aromatic carbocycles. The van der Waals surface area contributed by atoms with E-state index in [1.165, 1.54) is 44.4 Å². The van der Waals surface area contributed by atoms with Crippen LogP contribution in [0.3, 0.4) is 0 Å². The number of rotatable bonds is 4. The van der Waals surface area contributed by atoms with Crippen LogP contribution in [0.1, 0.15) is 12.5 Å². The van der Waals surface area contributed by atoms with E-state index in [2.05, 4.69) is 5.32 Å². The molecule has 1 aliphatic heterocycles. The van der Waals surface area contributed by atoms with Gasteiger partial charge in [-0.05, 0) is 55.5 Å². The van der Waals surface area contributed by atoms with E-state index in [1.54, 1.807) is 18.2 Å². The van der Waals surface area contributed by atoms with Crippen molar-refractivity contribution >= 4 is 51.1 Å². The van der Waals surface area contributed by atoms with Crippen LogP contribution in [0, 0.1) is 0 Å². The number of nitrogens with zero attached hydrogens (tertiary/aromatic N) is 1. The van der Waals surface area contributed by atoms with Gasteiger partial charge in [-0.2, -0.15) is 0 Å². The Balaban J connectivity index is 2.11. The summed E-state index contributed by atoms with van der Waals surface area (Å²) in [5.41, 5.74) is 0.534. The number of halogens is 2. The average Bonchev–Trinajstić information content (AvgIpc) is 2.80. The van der Waals surface area contributed by atoms with Gasteiger partial charge in [0, 0.05) is 27.7 Å². The number of benzene rings is 2. The van der Waals surface area contributed by atoms with E-state index >= 15 is 0 Å². The van der Waals surface area contributed by atoms with Gasteiger partial charge >= 0.3 is 0 Å². The van der Waals surface area contributed by atoms with Gasteiger partial charge in [0.05, 0.1) is 12.0 Å². The number of carbonyl (C=O) groups excluding carboxylic acids is 2. The Kier molecular flexibility index (Phi) is 6.40. The Hall–Kier alpha value is -2.55. The van der Waals surface area contributed by atoms with Crippen LogP contribution in [0.25, 0.3) is 6.08 Å². The van der Waals surface area contributed by atoms with E-state index in [1.807, 2.05) is 0 Å². The summed E-state index contributed by atoms with van der Waals surface area (Å²) in [4.78, 5) is 25.5. The fraction of sp³-hybridized carbons (Fsp3) is 0.200. The fourth-order valence-corrected chi connectivity index (χ4v) is 4.85. The van der Waals surface area contributed by atoms with E-state index in [4.69, 9.17) is 27.9 Å². The highest BCUT2D eigenvalue weighted by atomic mass is 35.5. The number of sulfonamides is 1. The number of amides is 2. The molecular weight excluding hydrogens is 451 g/mol. The number of nitrogens with one attached hydrogen (secondary N) is 1. The summed E-state index contributed by atoms with van der Waals surface area (Å²) in [6, 6.07) is 8.94. The second-order valence-electron chi connectivity index (χ2n) is 6.51. The summed E-state index contributed by atoms with van der Waals surface area (Å²) in [7, 11) is -2.86. The zero-order valence-electron chi connectivity index (χ0n) is 16.1. The zero-order chi connectivity index (χ0) is 22.1. The first kappa shape index (κ1) is 22.1. The van der Waals surface area contributed by atoms with Crippen LogP contribution >= 0.6 is 23.2 Å². The van der Waals surface area contributed by atoms with Gasteiger partial charge in [-0.3, -0.25) is 9.59 Å². The Bertz CT molecular complexity index is 1130. The van der Waals surface area contributed by atoms with E-state index in [9.17, 15) is 18.0 Å². The average molecular weight is 469 g/mol. The molecule has 0 spiro atoms. The Labute approximate surface area is 184 Å². The van der Waals surface area contributed by atoms with E-state index in [-0.39, 0.29) is 17.0 Å². The van der Waals surface area contributed by atoms with Gasteiger partial charge < -0.3 is 10.1 Å². The SMILES string of the molecule is COc1ccc(Cl)cc1C=C1CNC(=O)[C@H](C)N(S(=O)(=O)c2ccc(Cl)cc2)C1=O. The zero-order valence-corrected chi connectivity index (χ0v) is 18.4. The summed E-state index contributed by atoms with van der Waals surface area (Å²) >= 11 is 11.9. The third-order valence-electron chi connectivity index (χ3n) is 4.55. The lowest BCUT2D eigenvalue weighted by Gasteiger charge is -2.25. The Morgan fingerprint density at radius 2 is 1.73 bits per heavy atom. The number of hydrogen-bond donors (Lipinski definition) is 1. The number of methoxy groups -OCH3 is 1. The maximum absolute atomic E-state index is 13.3. The molecule has 0 bridgehead atoms. The number of hydrogen-bond acceptors (Lipinski definition) is 5. The van der Waals surface area contributed by atoms with Crippen molar-refractivity contribution in [1.29, 1.82) is 0 Å². The molecule has 1 atom stereocenters. The molecule has 3 rings (SSSR count). The van der Waals surface area contributed by atoms with Gasteiger partial charge in [0.2, 0.25) is 5.91 Å². The van der Waals surface area contributed by atoms with Gasteiger partial charge in [-0.25, -0.2) is 12.7 Å². The van der Waals surface area contributed by atoms with Crippen molar-refractivity contribution in [3.8, 4) is 5.75 Å². The maximum Gasteiger partial charge on any atom is 0.267 e. The van der Waals surface area contributed by atoms with Crippen LogP contribution in [-0.4, -0.2) is 44.2 Å². The minimum atomic E-state index is -4.32. The molecule has 1 saturated heterocycles. The highest BCUT2D eigenvalue weighted by molar-refractivity contribution is 7.89. The largest absolute Gasteiger partial charge is 0.496 e. The first-order chi connectivity index (χ1) is 14.1. The third-order valence-corrected chi connectivity index (χ3v) is 6.91. The monoisotopic (exact) mass is 468 g/mol. The van der Waals surface area contributed by atoms with Crippen LogP contribution in [0.4, 0.5) is 0 Å². The normalized spacial score (nSPS) is 18.9. The summed E-state index contributed by atoms with van der Waals surface area (Å²) < 4.78 is 32.3. The molecule has 1 aliphatic rings. The first-order valence-corrected chi connectivity index (χ1v) is 11.0. The van der Waals surface area contributed by atoms with Crippen molar-refractivity contribution < 1.29 is 22.7 Å². The molecule has 7 nitrogen and oxygen atoms in total. The van der Waals surface area contributed by atoms with Crippen LogP contribution in [0.2, 0.25) is 10.0 Å². The molecule has 0 radical (unpaired) electrons. The molecule has 2 amide bonds. The molecule has 1 heterocycles. The number of ether oxygens (including phenoxy) is 1. The van der Waals surface area contributed by atoms with Crippen LogP contribution in [0.15, 0.2) is 52.9 Å². The second-order valence-corrected chi connectivity index (χ2v) is 9.20. The smallest absolute Gasteiger partial charge is 0.267 e. The lowest BCUT2D eigenvalue weighted by Crippen LogP contribution is -2.47. The summed E-state index contributed by atoms with van der Waals surface area (Å²) in [6.45, 7) is 1.20. The van der Waals surface area contributed by atoms with Crippen molar-refractivity contribution in [2.45, 2.75) is 17.9 Å². The standard InChI is InChI=1S/C20H18Cl2N2O5S/c1-12-19(25)23-11-14(9-13-10-16(22)5-8-18(13)29-2)20(26)24(12)30(27,28)17-6-3-15(21)4-7-17/h3-10,12H,11H2,1-2H3,(H,23,25)/t12-/m0/s1. The maximum atomic E-state index is 13.3. The van der Waals surface area contributed by atoms with Crippen LogP contribution in [0.5, 0.6) is 5.75 Å². The molecule has 0 unspecified atom stereocenters. The fourth-order valence-electron chi connectivity index (χ4n) is 2.99. The van der Waals surface area contributed by atoms with Crippen molar-refractivity contribution in [3.63, 3.8) is 0 Å². The molecular formula is C20H18Cl2N2O5S. The molecule has 10 heteroatoms. The molecule has 1 fully saturated rings. The Morgan fingerprint density at radius 1 is 1.10 bits per heavy atom. The highest BCUT2D eigenvalue weighted by Crippen LogP contribution is 2.28. The first-order valence-electron chi connectivity index (χ1n) is 8.81. The van der Waals surface area contributed by atoms with Gasteiger partial charge in [0.15, 0.2) is 0 Å². The summed E-state index contributed by atoms with van der Waals surface area (Å²) in [5.74, 6) is -0.976. The number of carbonyl (C=O) groups is 2. The Morgan fingerprint density at radius 3 is 2.37 bits per heavy atom. The molecule has 0 aliphatic carbocycles.